The van der Waals surface area contributed by atoms with Gasteiger partial charge in [-0.05, 0) is 31.9 Å². The van der Waals surface area contributed by atoms with E-state index < -0.39 is 0 Å². The zero-order valence-electron chi connectivity index (χ0n) is 15.1. The third-order valence-electron chi connectivity index (χ3n) is 3.89. The number of fused-ring (bicyclic) bond motifs is 1. The fourth-order valence-corrected chi connectivity index (χ4v) is 2.77. The van der Waals surface area contributed by atoms with E-state index in [0.29, 0.717) is 18.0 Å². The average molecular weight is 341 g/mol. The van der Waals surface area contributed by atoms with Gasteiger partial charge in [0.15, 0.2) is 5.65 Å². The Morgan fingerprint density at radius 1 is 1.20 bits per heavy atom. The van der Waals surface area contributed by atoms with E-state index in [1.807, 2.05) is 29.3 Å². The van der Waals surface area contributed by atoms with E-state index in [0.717, 1.165) is 29.0 Å². The number of aromatic nitrogens is 5. The summed E-state index contributed by atoms with van der Waals surface area (Å²) in [7, 11) is 0. The van der Waals surface area contributed by atoms with Crippen LogP contribution in [0.2, 0.25) is 0 Å². The molecular weight excluding hydrogens is 318 g/mol. The van der Waals surface area contributed by atoms with E-state index in [4.69, 9.17) is 4.74 Å². The molecule has 3 aromatic heterocycles. The molecule has 0 aliphatic heterocycles. The van der Waals surface area contributed by atoms with Crippen LogP contribution in [0, 0.1) is 19.8 Å². The summed E-state index contributed by atoms with van der Waals surface area (Å²) in [4.78, 5) is 16.6. The number of nitrogens with zero attached hydrogens (tertiary/aromatic N) is 5. The summed E-state index contributed by atoms with van der Waals surface area (Å²) in [6.07, 6.45) is 3.28. The topological polar surface area (TPSA) is 74.8 Å². The molecular formula is C18H23N5O2. The second kappa shape index (κ2) is 7.04. The molecule has 3 aromatic rings. The molecule has 7 heteroatoms. The summed E-state index contributed by atoms with van der Waals surface area (Å²) < 4.78 is 9.04. The maximum Gasteiger partial charge on any atom is 0.339 e. The van der Waals surface area contributed by atoms with Crippen LogP contribution in [0.3, 0.4) is 0 Å². The zero-order valence-corrected chi connectivity index (χ0v) is 15.1. The number of carbonyl (C=O) groups excluding carboxylic acids is 1. The highest BCUT2D eigenvalue weighted by atomic mass is 16.5. The van der Waals surface area contributed by atoms with Gasteiger partial charge in [0.2, 0.25) is 0 Å². The number of pyridine rings is 1. The van der Waals surface area contributed by atoms with Gasteiger partial charge in [-0.15, -0.1) is 0 Å². The molecule has 0 N–H and O–H groups in total. The predicted molar refractivity (Wildman–Crippen MR) is 94.3 cm³/mol. The Bertz CT molecular complexity index is 894. The number of hydrogen-bond acceptors (Lipinski definition) is 5. The molecule has 0 atom stereocenters. The number of ether oxygens (including phenoxy) is 1. The van der Waals surface area contributed by atoms with Crippen LogP contribution in [0.4, 0.5) is 0 Å². The number of hydrogen-bond donors (Lipinski definition) is 0. The highest BCUT2D eigenvalue weighted by molar-refractivity contribution is 5.92. The zero-order chi connectivity index (χ0) is 18.0. The first kappa shape index (κ1) is 17.1. The molecule has 25 heavy (non-hydrogen) atoms. The van der Waals surface area contributed by atoms with Crippen LogP contribution in [0.5, 0.6) is 0 Å². The van der Waals surface area contributed by atoms with Crippen molar-refractivity contribution < 1.29 is 9.53 Å². The second-order valence-corrected chi connectivity index (χ2v) is 6.64. The molecule has 0 radical (unpaired) electrons. The largest absolute Gasteiger partial charge is 0.460 e. The molecule has 0 unspecified atom stereocenters. The summed E-state index contributed by atoms with van der Waals surface area (Å²) in [5.41, 5.74) is 3.23. The summed E-state index contributed by atoms with van der Waals surface area (Å²) in [5.74, 6) is 0.0940. The number of rotatable bonds is 6. The van der Waals surface area contributed by atoms with Gasteiger partial charge in [-0.2, -0.15) is 10.2 Å². The van der Waals surface area contributed by atoms with Gasteiger partial charge in [-0.3, -0.25) is 4.68 Å². The molecule has 3 heterocycles. The maximum absolute atomic E-state index is 12.2. The highest BCUT2D eigenvalue weighted by Crippen LogP contribution is 2.15. The van der Waals surface area contributed by atoms with Crippen molar-refractivity contribution in [1.29, 1.82) is 0 Å². The van der Waals surface area contributed by atoms with Gasteiger partial charge in [0.05, 0.1) is 24.0 Å². The molecule has 0 spiro atoms. The molecule has 0 bridgehead atoms. The van der Waals surface area contributed by atoms with Gasteiger partial charge in [-0.25, -0.2) is 14.5 Å². The van der Waals surface area contributed by atoms with Crippen molar-refractivity contribution in [3.63, 3.8) is 0 Å². The van der Waals surface area contributed by atoms with Gasteiger partial charge < -0.3 is 4.74 Å². The molecule has 132 valence electrons. The van der Waals surface area contributed by atoms with Crippen molar-refractivity contribution in [1.82, 2.24) is 24.5 Å². The minimum Gasteiger partial charge on any atom is -0.460 e. The minimum atomic E-state index is -0.382. The molecule has 0 fully saturated rings. The second-order valence-electron chi connectivity index (χ2n) is 6.64. The molecule has 0 aromatic carbocycles. The lowest BCUT2D eigenvalue weighted by Crippen LogP contribution is -2.13. The standard InChI is InChI=1S/C18H23N5O2/c1-12(2)11-23-17-15(10-20-23)8-16(9-19-17)18(24)25-6-5-22-14(4)7-13(3)21-22/h7-10,12H,5-6,11H2,1-4H3. The number of carbonyl (C=O) groups is 1. The Hall–Kier alpha value is -2.70. The van der Waals surface area contributed by atoms with Crippen molar-refractivity contribution in [3.05, 3.63) is 41.5 Å². The predicted octanol–water partition coefficient (Wildman–Crippen LogP) is 2.76. The van der Waals surface area contributed by atoms with Gasteiger partial charge in [0, 0.05) is 23.8 Å². The molecule has 0 saturated heterocycles. The third-order valence-corrected chi connectivity index (χ3v) is 3.89. The normalized spacial score (nSPS) is 11.4. The molecule has 0 aliphatic rings. The van der Waals surface area contributed by atoms with Crippen molar-refractivity contribution in [2.24, 2.45) is 5.92 Å². The first-order valence-electron chi connectivity index (χ1n) is 8.44. The van der Waals surface area contributed by atoms with Gasteiger partial charge in [0.1, 0.15) is 6.61 Å². The Morgan fingerprint density at radius 3 is 2.68 bits per heavy atom. The fraction of sp³-hybridized carbons (Fsp3) is 0.444. The van der Waals surface area contributed by atoms with Crippen molar-refractivity contribution in [2.45, 2.75) is 40.8 Å². The minimum absolute atomic E-state index is 0.269. The van der Waals surface area contributed by atoms with Gasteiger partial charge in [0.25, 0.3) is 0 Å². The van der Waals surface area contributed by atoms with Gasteiger partial charge in [-0.1, -0.05) is 13.8 Å². The van der Waals surface area contributed by atoms with Crippen LogP contribution < -0.4 is 0 Å². The van der Waals surface area contributed by atoms with E-state index >= 15 is 0 Å². The van der Waals surface area contributed by atoms with Crippen LogP contribution >= 0.6 is 0 Å². The summed E-state index contributed by atoms with van der Waals surface area (Å²) in [6, 6.07) is 3.77. The summed E-state index contributed by atoms with van der Waals surface area (Å²) in [6.45, 7) is 9.77. The number of esters is 1. The van der Waals surface area contributed by atoms with E-state index in [9.17, 15) is 4.79 Å². The summed E-state index contributed by atoms with van der Waals surface area (Å²) in [5, 5.41) is 9.53. The monoisotopic (exact) mass is 341 g/mol. The van der Waals surface area contributed by atoms with E-state index in [1.54, 1.807) is 18.5 Å². The van der Waals surface area contributed by atoms with Gasteiger partial charge >= 0.3 is 5.97 Å². The lowest BCUT2D eigenvalue weighted by molar-refractivity contribution is 0.0486. The maximum atomic E-state index is 12.2. The Balaban J connectivity index is 1.65. The van der Waals surface area contributed by atoms with Crippen LogP contribution in [0.15, 0.2) is 24.5 Å². The molecule has 0 saturated carbocycles. The highest BCUT2D eigenvalue weighted by Gasteiger charge is 2.12. The lowest BCUT2D eigenvalue weighted by Gasteiger charge is -2.07. The van der Waals surface area contributed by atoms with Crippen molar-refractivity contribution in [2.75, 3.05) is 6.61 Å². The lowest BCUT2D eigenvalue weighted by atomic mass is 10.2. The fourth-order valence-electron chi connectivity index (χ4n) is 2.77. The molecule has 7 nitrogen and oxygen atoms in total. The van der Waals surface area contributed by atoms with Crippen molar-refractivity contribution >= 4 is 17.0 Å². The smallest absolute Gasteiger partial charge is 0.339 e. The average Bonchev–Trinajstić information content (AvgIpc) is 3.09. The van der Waals surface area contributed by atoms with E-state index in [1.165, 1.54) is 0 Å². The van der Waals surface area contributed by atoms with E-state index in [-0.39, 0.29) is 12.6 Å². The Labute approximate surface area is 146 Å². The Morgan fingerprint density at radius 2 is 2.00 bits per heavy atom. The van der Waals surface area contributed by atoms with Crippen molar-refractivity contribution in [3.8, 4) is 0 Å². The first-order chi connectivity index (χ1) is 11.9. The summed E-state index contributed by atoms with van der Waals surface area (Å²) >= 11 is 0. The van der Waals surface area contributed by atoms with Crippen LogP contribution in [-0.4, -0.2) is 37.1 Å². The third kappa shape index (κ3) is 3.87. The molecule has 0 aliphatic carbocycles. The molecule has 0 amide bonds. The Kier molecular flexibility index (Phi) is 4.83. The quantitative estimate of drug-likeness (QED) is 0.645. The van der Waals surface area contributed by atoms with Crippen LogP contribution in [0.1, 0.15) is 35.6 Å². The van der Waals surface area contributed by atoms with Crippen LogP contribution in [0.25, 0.3) is 11.0 Å². The molecule has 3 rings (SSSR count). The SMILES string of the molecule is Cc1cc(C)n(CCOC(=O)c2cnc3c(cnn3CC(C)C)c2)n1. The van der Waals surface area contributed by atoms with Crippen LogP contribution in [-0.2, 0) is 17.8 Å². The first-order valence-corrected chi connectivity index (χ1v) is 8.44. The number of aryl methyl sites for hydroxylation is 2. The van der Waals surface area contributed by atoms with E-state index in [2.05, 4.69) is 29.0 Å².